The molecule has 294 valence electrons. The van der Waals surface area contributed by atoms with Gasteiger partial charge in [0.2, 0.25) is 0 Å². The molecule has 2 nitrogen and oxygen atoms in total. The van der Waals surface area contributed by atoms with Gasteiger partial charge in [0.15, 0.2) is 0 Å². The van der Waals surface area contributed by atoms with Gasteiger partial charge in [0.25, 0.3) is 0 Å². The van der Waals surface area contributed by atoms with E-state index >= 15 is 0 Å². The van der Waals surface area contributed by atoms with Gasteiger partial charge < -0.3 is 9.47 Å². The van der Waals surface area contributed by atoms with Crippen LogP contribution in [-0.4, -0.2) is 4.57 Å². The minimum atomic E-state index is -0.568. The fourth-order valence-corrected chi connectivity index (χ4v) is 10.9. The first-order valence-electron chi connectivity index (χ1n) is 21.8. The third-order valence-corrected chi connectivity index (χ3v) is 13.5. The lowest BCUT2D eigenvalue weighted by Crippen LogP contribution is -2.33. The number of hydrogen-bond donors (Lipinski definition) is 0. The van der Waals surface area contributed by atoms with Gasteiger partial charge in [-0.25, -0.2) is 0 Å². The zero-order chi connectivity index (χ0) is 41.5. The molecule has 1 aliphatic carbocycles. The molecule has 0 amide bonds. The topological polar surface area (TPSA) is 8.17 Å². The summed E-state index contributed by atoms with van der Waals surface area (Å²) >= 11 is 0. The molecule has 2 heteroatoms. The summed E-state index contributed by atoms with van der Waals surface area (Å²) in [6, 6.07) is 89.7. The maximum atomic E-state index is 2.54. The Kier molecular flexibility index (Phi) is 7.85. The Morgan fingerprint density at radius 2 is 0.794 bits per heavy atom. The molecule has 1 spiro atoms. The SMILES string of the molecule is c1ccc(-c2cccc(N(c3cc(-c4ccccc4)cc(-c4ccccc4)c3)c3ccc4c(c3)C3(c5ccccc5-c5ccccc53)c3cccc5c6ccccc6n-4c35)c2)cc1. The summed E-state index contributed by atoms with van der Waals surface area (Å²) in [7, 11) is 0. The van der Waals surface area contributed by atoms with Crippen LogP contribution >= 0.6 is 0 Å². The molecular weight excluding hydrogens is 761 g/mol. The average molecular weight is 801 g/mol. The maximum absolute atomic E-state index is 2.54. The molecule has 2 aliphatic rings. The van der Waals surface area contributed by atoms with E-state index in [0.29, 0.717) is 0 Å². The normalized spacial score (nSPS) is 12.9. The van der Waals surface area contributed by atoms with Crippen molar-refractivity contribution in [3.63, 3.8) is 0 Å². The first-order chi connectivity index (χ1) is 31.3. The Morgan fingerprint density at radius 3 is 1.46 bits per heavy atom. The number of aromatic nitrogens is 1. The summed E-state index contributed by atoms with van der Waals surface area (Å²) < 4.78 is 2.54. The average Bonchev–Trinajstić information content (AvgIpc) is 3.86. The third-order valence-electron chi connectivity index (χ3n) is 13.5. The molecule has 1 aromatic heterocycles. The summed E-state index contributed by atoms with van der Waals surface area (Å²) in [5.41, 5.74) is 21.3. The number of anilines is 3. The Balaban J connectivity index is 1.14. The number of rotatable bonds is 6. The molecule has 0 atom stereocenters. The Hall–Kier alpha value is -8.20. The molecule has 0 bridgehead atoms. The van der Waals surface area contributed by atoms with Crippen LogP contribution in [0.4, 0.5) is 17.1 Å². The summed E-state index contributed by atoms with van der Waals surface area (Å²) in [4.78, 5) is 2.48. The number of para-hydroxylation sites is 2. The van der Waals surface area contributed by atoms with E-state index < -0.39 is 5.41 Å². The molecule has 0 fully saturated rings. The van der Waals surface area contributed by atoms with Gasteiger partial charge in [-0.15, -0.1) is 0 Å². The lowest BCUT2D eigenvalue weighted by molar-refractivity contribution is 0.748. The van der Waals surface area contributed by atoms with Gasteiger partial charge in [-0.2, -0.15) is 0 Å². The van der Waals surface area contributed by atoms with E-state index in [1.807, 2.05) is 0 Å². The monoisotopic (exact) mass is 800 g/mol. The van der Waals surface area contributed by atoms with Crippen molar-refractivity contribution < 1.29 is 0 Å². The number of nitrogens with zero attached hydrogens (tertiary/aromatic N) is 2. The van der Waals surface area contributed by atoms with Gasteiger partial charge in [0.05, 0.1) is 22.1 Å². The van der Waals surface area contributed by atoms with Gasteiger partial charge in [0.1, 0.15) is 0 Å². The van der Waals surface area contributed by atoms with Crippen LogP contribution in [0.1, 0.15) is 22.3 Å². The molecule has 1 aliphatic heterocycles. The fraction of sp³-hybridized carbons (Fsp3) is 0.0164. The zero-order valence-electron chi connectivity index (χ0n) is 34.5. The summed E-state index contributed by atoms with van der Waals surface area (Å²) in [6.45, 7) is 0. The van der Waals surface area contributed by atoms with E-state index in [2.05, 4.69) is 252 Å². The third kappa shape index (κ3) is 5.25. The van der Waals surface area contributed by atoms with Gasteiger partial charge >= 0.3 is 0 Å². The van der Waals surface area contributed by atoms with Gasteiger partial charge in [0, 0.05) is 27.8 Å². The van der Waals surface area contributed by atoms with Crippen LogP contribution in [0, 0.1) is 0 Å². The van der Waals surface area contributed by atoms with Crippen LogP contribution in [0.2, 0.25) is 0 Å². The number of benzene rings is 10. The van der Waals surface area contributed by atoms with E-state index in [4.69, 9.17) is 0 Å². The molecule has 11 aromatic rings. The van der Waals surface area contributed by atoms with Gasteiger partial charge in [-0.05, 0) is 121 Å². The standard InChI is InChI=1S/C61H40N2/c1-4-18-41(19-5-1)44-24-16-25-47(37-44)62(49-38-45(42-20-6-2-7-21-42)36-46(39-49)43-22-8-3-9-23-43)48-34-35-59-57(40-48)61(54-30-13-10-26-50(54)51-27-11-14-31-55(51)61)56-32-17-29-53-52-28-12-15-33-58(52)63(59)60(53)56/h1-40H. The van der Waals surface area contributed by atoms with Crippen molar-refractivity contribution in [3.8, 4) is 50.2 Å². The van der Waals surface area contributed by atoms with Crippen molar-refractivity contribution in [1.82, 2.24) is 4.57 Å². The van der Waals surface area contributed by atoms with Gasteiger partial charge in [-0.3, -0.25) is 0 Å². The van der Waals surface area contributed by atoms with Crippen LogP contribution in [0.15, 0.2) is 243 Å². The zero-order valence-corrected chi connectivity index (χ0v) is 34.5. The minimum absolute atomic E-state index is 0.568. The highest BCUT2D eigenvalue weighted by molar-refractivity contribution is 6.13. The van der Waals surface area contributed by atoms with Crippen molar-refractivity contribution in [2.75, 3.05) is 4.90 Å². The van der Waals surface area contributed by atoms with E-state index in [9.17, 15) is 0 Å². The smallest absolute Gasteiger partial charge is 0.0755 e. The first-order valence-corrected chi connectivity index (χ1v) is 21.8. The molecule has 10 aromatic carbocycles. The van der Waals surface area contributed by atoms with Crippen molar-refractivity contribution in [2.45, 2.75) is 5.41 Å². The van der Waals surface area contributed by atoms with Crippen molar-refractivity contribution >= 4 is 38.9 Å². The molecule has 0 saturated carbocycles. The van der Waals surface area contributed by atoms with Crippen LogP contribution in [0.25, 0.3) is 72.0 Å². The lowest BCUT2D eigenvalue weighted by atomic mass is 9.65. The molecule has 0 unspecified atom stereocenters. The summed E-state index contributed by atoms with van der Waals surface area (Å²) in [5.74, 6) is 0. The van der Waals surface area contributed by atoms with E-state index in [-0.39, 0.29) is 0 Å². The fourth-order valence-electron chi connectivity index (χ4n) is 10.9. The first kappa shape index (κ1) is 35.5. The van der Waals surface area contributed by atoms with Gasteiger partial charge in [-0.1, -0.05) is 188 Å². The molecule has 13 rings (SSSR count). The predicted octanol–water partition coefficient (Wildman–Crippen LogP) is 15.9. The minimum Gasteiger partial charge on any atom is -0.310 e. The van der Waals surface area contributed by atoms with Crippen molar-refractivity contribution in [3.05, 3.63) is 265 Å². The number of hydrogen-bond acceptors (Lipinski definition) is 1. The Bertz CT molecular complexity index is 3460. The summed E-state index contributed by atoms with van der Waals surface area (Å²) in [5, 5.41) is 2.55. The highest BCUT2D eigenvalue weighted by atomic mass is 15.1. The highest BCUT2D eigenvalue weighted by Crippen LogP contribution is 2.61. The quantitative estimate of drug-likeness (QED) is 0.163. The van der Waals surface area contributed by atoms with E-state index in [1.54, 1.807) is 0 Å². The van der Waals surface area contributed by atoms with Crippen LogP contribution in [0.5, 0.6) is 0 Å². The maximum Gasteiger partial charge on any atom is 0.0755 e. The number of fused-ring (bicyclic) bond motifs is 12. The molecule has 0 saturated heterocycles. The second kappa shape index (κ2) is 13.9. The van der Waals surface area contributed by atoms with Crippen LogP contribution in [0.3, 0.4) is 0 Å². The molecule has 63 heavy (non-hydrogen) atoms. The lowest BCUT2D eigenvalue weighted by Gasteiger charge is -2.40. The molecule has 0 radical (unpaired) electrons. The molecule has 2 heterocycles. The van der Waals surface area contributed by atoms with Crippen molar-refractivity contribution in [2.24, 2.45) is 0 Å². The molecule has 0 N–H and O–H groups in total. The van der Waals surface area contributed by atoms with E-state index in [1.165, 1.54) is 94.3 Å². The predicted molar refractivity (Wildman–Crippen MR) is 263 cm³/mol. The largest absolute Gasteiger partial charge is 0.310 e. The molecular formula is C61H40N2. The van der Waals surface area contributed by atoms with Crippen LogP contribution in [-0.2, 0) is 5.41 Å². The second-order valence-electron chi connectivity index (χ2n) is 16.8. The second-order valence-corrected chi connectivity index (χ2v) is 16.8. The summed E-state index contributed by atoms with van der Waals surface area (Å²) in [6.07, 6.45) is 0. The highest BCUT2D eigenvalue weighted by Gasteiger charge is 2.51. The Morgan fingerprint density at radius 1 is 0.302 bits per heavy atom. The van der Waals surface area contributed by atoms with Crippen LogP contribution < -0.4 is 4.90 Å². The van der Waals surface area contributed by atoms with Crippen molar-refractivity contribution in [1.29, 1.82) is 0 Å². The Labute approximate surface area is 367 Å². The van der Waals surface area contributed by atoms with E-state index in [0.717, 1.165) is 17.1 Å².